The maximum atomic E-state index is 10.5. The lowest BCUT2D eigenvalue weighted by Gasteiger charge is -2.15. The van der Waals surface area contributed by atoms with Crippen LogP contribution in [0.25, 0.3) is 0 Å². The van der Waals surface area contributed by atoms with Crippen LogP contribution in [-0.4, -0.2) is 36.0 Å². The third-order valence-electron chi connectivity index (χ3n) is 3.23. The van der Waals surface area contributed by atoms with E-state index in [0.29, 0.717) is 6.04 Å². The quantitative estimate of drug-likeness (QED) is 0.670. The molecule has 0 amide bonds. The van der Waals surface area contributed by atoms with E-state index in [4.69, 9.17) is 0 Å². The third kappa shape index (κ3) is 3.66. The van der Waals surface area contributed by atoms with E-state index in [1.54, 1.807) is 12.1 Å². The molecule has 0 aliphatic carbocycles. The smallest absolute Gasteiger partial charge is 0.269 e. The monoisotopic (exact) mass is 271 g/mol. The largest absolute Gasteiger partial charge is 0.316 e. The van der Waals surface area contributed by atoms with Gasteiger partial charge in [0.2, 0.25) is 0 Å². The molecule has 1 aliphatic rings. The summed E-state index contributed by atoms with van der Waals surface area (Å²) in [7, 11) is 1.99. The predicted molar refractivity (Wildman–Crippen MR) is 73.1 cm³/mol. The Morgan fingerprint density at radius 3 is 2.61 bits per heavy atom. The van der Waals surface area contributed by atoms with Crippen LogP contribution in [0.3, 0.4) is 0 Å². The van der Waals surface area contributed by atoms with Gasteiger partial charge in [-0.25, -0.2) is 0 Å². The van der Waals surface area contributed by atoms with E-state index in [2.05, 4.69) is 10.2 Å². The summed E-state index contributed by atoms with van der Waals surface area (Å²) >= 11 is 0. The Balaban J connectivity index is 0.00000162. The molecule has 0 radical (unpaired) electrons. The molecule has 1 heterocycles. The Kier molecular flexibility index (Phi) is 5.53. The number of benzene rings is 1. The van der Waals surface area contributed by atoms with E-state index < -0.39 is 0 Å². The standard InChI is InChI=1S/C12H17N3O2.ClH/c1-13-11-6-7-14(9-11)8-10-2-4-12(5-3-10)15(16)17;/h2-5,11,13H,6-9H2,1H3;1H. The molecule has 100 valence electrons. The highest BCUT2D eigenvalue weighted by Crippen LogP contribution is 2.16. The molecule has 0 bridgehead atoms. The highest BCUT2D eigenvalue weighted by molar-refractivity contribution is 5.85. The maximum absolute atomic E-state index is 10.5. The van der Waals surface area contributed by atoms with Crippen LogP contribution < -0.4 is 5.32 Å². The van der Waals surface area contributed by atoms with Gasteiger partial charge in [0.15, 0.2) is 0 Å². The summed E-state index contributed by atoms with van der Waals surface area (Å²) < 4.78 is 0. The first-order chi connectivity index (χ1) is 8.19. The summed E-state index contributed by atoms with van der Waals surface area (Å²) in [6.07, 6.45) is 1.17. The lowest BCUT2D eigenvalue weighted by molar-refractivity contribution is -0.384. The van der Waals surface area contributed by atoms with Gasteiger partial charge < -0.3 is 5.32 Å². The zero-order valence-electron chi connectivity index (χ0n) is 10.3. The molecule has 6 heteroatoms. The molecule has 18 heavy (non-hydrogen) atoms. The highest BCUT2D eigenvalue weighted by atomic mass is 35.5. The lowest BCUT2D eigenvalue weighted by Crippen LogP contribution is -2.29. The van der Waals surface area contributed by atoms with Crippen molar-refractivity contribution in [1.82, 2.24) is 10.2 Å². The minimum atomic E-state index is -0.364. The second-order valence-corrected chi connectivity index (χ2v) is 4.43. The minimum Gasteiger partial charge on any atom is -0.316 e. The van der Waals surface area contributed by atoms with Crippen LogP contribution in [0.2, 0.25) is 0 Å². The Labute approximate surface area is 113 Å². The number of nitrogens with zero attached hydrogens (tertiary/aromatic N) is 2. The van der Waals surface area contributed by atoms with Crippen LogP contribution in [0.4, 0.5) is 5.69 Å². The lowest BCUT2D eigenvalue weighted by atomic mass is 10.2. The molecule has 5 nitrogen and oxygen atoms in total. The van der Waals surface area contributed by atoms with Crippen molar-refractivity contribution in [3.05, 3.63) is 39.9 Å². The van der Waals surface area contributed by atoms with Crippen LogP contribution in [-0.2, 0) is 6.54 Å². The number of nitro benzene ring substituents is 1. The molecule has 1 aromatic carbocycles. The molecule has 0 aromatic heterocycles. The molecule has 1 aliphatic heterocycles. The van der Waals surface area contributed by atoms with E-state index in [0.717, 1.165) is 25.2 Å². The number of likely N-dealkylation sites (N-methyl/N-ethyl adjacent to an activating group) is 1. The average Bonchev–Trinajstić information content (AvgIpc) is 2.77. The number of nitrogens with one attached hydrogen (secondary N) is 1. The topological polar surface area (TPSA) is 58.4 Å². The van der Waals surface area contributed by atoms with Crippen LogP contribution in [0.15, 0.2) is 24.3 Å². The van der Waals surface area contributed by atoms with Gasteiger partial charge in [-0.1, -0.05) is 12.1 Å². The molecule has 1 N–H and O–H groups in total. The fraction of sp³-hybridized carbons (Fsp3) is 0.500. The van der Waals surface area contributed by atoms with Gasteiger partial charge in [0.05, 0.1) is 4.92 Å². The second kappa shape index (κ2) is 6.68. The van der Waals surface area contributed by atoms with Gasteiger partial charge in [0.1, 0.15) is 0 Å². The van der Waals surface area contributed by atoms with E-state index in [9.17, 15) is 10.1 Å². The first-order valence-electron chi connectivity index (χ1n) is 5.82. The fourth-order valence-electron chi connectivity index (χ4n) is 2.19. The number of nitro groups is 1. The number of hydrogen-bond acceptors (Lipinski definition) is 4. The van der Waals surface area contributed by atoms with E-state index in [1.807, 2.05) is 19.2 Å². The summed E-state index contributed by atoms with van der Waals surface area (Å²) in [5.74, 6) is 0. The SMILES string of the molecule is CNC1CCN(Cc2ccc([N+](=O)[O-])cc2)C1.Cl. The summed E-state index contributed by atoms with van der Waals surface area (Å²) in [5.41, 5.74) is 1.29. The van der Waals surface area contributed by atoms with Crippen LogP contribution in [0.1, 0.15) is 12.0 Å². The Morgan fingerprint density at radius 2 is 2.11 bits per heavy atom. The first kappa shape index (κ1) is 14.9. The van der Waals surface area contributed by atoms with Crippen molar-refractivity contribution in [1.29, 1.82) is 0 Å². The van der Waals surface area contributed by atoms with Gasteiger partial charge in [0.25, 0.3) is 5.69 Å². The van der Waals surface area contributed by atoms with Crippen molar-refractivity contribution in [3.63, 3.8) is 0 Å². The van der Waals surface area contributed by atoms with Crippen LogP contribution in [0.5, 0.6) is 0 Å². The third-order valence-corrected chi connectivity index (χ3v) is 3.23. The normalized spacial score (nSPS) is 19.5. The molecular weight excluding hydrogens is 254 g/mol. The summed E-state index contributed by atoms with van der Waals surface area (Å²) in [5, 5.41) is 13.8. The minimum absolute atomic E-state index is 0. The number of rotatable bonds is 4. The Morgan fingerprint density at radius 1 is 1.44 bits per heavy atom. The van der Waals surface area contributed by atoms with E-state index in [1.165, 1.54) is 6.42 Å². The van der Waals surface area contributed by atoms with Gasteiger partial charge in [-0.3, -0.25) is 15.0 Å². The van der Waals surface area contributed by atoms with Gasteiger partial charge in [-0.15, -0.1) is 12.4 Å². The first-order valence-corrected chi connectivity index (χ1v) is 5.82. The van der Waals surface area contributed by atoms with Gasteiger partial charge in [-0.05, 0) is 19.0 Å². The van der Waals surface area contributed by atoms with Crippen molar-refractivity contribution in [2.75, 3.05) is 20.1 Å². The van der Waals surface area contributed by atoms with E-state index >= 15 is 0 Å². The van der Waals surface area contributed by atoms with Crippen molar-refractivity contribution in [3.8, 4) is 0 Å². The van der Waals surface area contributed by atoms with Crippen molar-refractivity contribution < 1.29 is 4.92 Å². The molecule has 1 unspecified atom stereocenters. The van der Waals surface area contributed by atoms with Crippen LogP contribution >= 0.6 is 12.4 Å². The molecule has 1 saturated heterocycles. The molecule has 0 spiro atoms. The maximum Gasteiger partial charge on any atom is 0.269 e. The van der Waals surface area contributed by atoms with Crippen molar-refractivity contribution >= 4 is 18.1 Å². The predicted octanol–water partition coefficient (Wildman–Crippen LogP) is 1.81. The van der Waals surface area contributed by atoms with Crippen molar-refractivity contribution in [2.45, 2.75) is 19.0 Å². The van der Waals surface area contributed by atoms with E-state index in [-0.39, 0.29) is 23.0 Å². The van der Waals surface area contributed by atoms with Gasteiger partial charge >= 0.3 is 0 Å². The number of likely N-dealkylation sites (tertiary alicyclic amines) is 1. The molecule has 0 saturated carbocycles. The Hall–Kier alpha value is -1.17. The van der Waals surface area contributed by atoms with Gasteiger partial charge in [-0.2, -0.15) is 0 Å². The zero-order chi connectivity index (χ0) is 12.3. The zero-order valence-corrected chi connectivity index (χ0v) is 11.2. The number of halogens is 1. The molecule has 2 rings (SSSR count). The Bertz CT molecular complexity index is 397. The molecule has 1 aromatic rings. The molecule has 1 fully saturated rings. The summed E-state index contributed by atoms with van der Waals surface area (Å²) in [4.78, 5) is 12.5. The summed E-state index contributed by atoms with van der Waals surface area (Å²) in [6, 6.07) is 7.39. The van der Waals surface area contributed by atoms with Crippen LogP contribution in [0, 0.1) is 10.1 Å². The number of non-ortho nitro benzene ring substituents is 1. The van der Waals surface area contributed by atoms with Crippen molar-refractivity contribution in [2.24, 2.45) is 0 Å². The number of hydrogen-bond donors (Lipinski definition) is 1. The second-order valence-electron chi connectivity index (χ2n) is 4.43. The molecule has 1 atom stereocenters. The summed E-state index contributed by atoms with van der Waals surface area (Å²) in [6.45, 7) is 3.01. The fourth-order valence-corrected chi connectivity index (χ4v) is 2.19. The molecular formula is C12H18ClN3O2. The highest BCUT2D eigenvalue weighted by Gasteiger charge is 2.20. The average molecular weight is 272 g/mol. The van der Waals surface area contributed by atoms with Gasteiger partial charge in [0, 0.05) is 37.8 Å².